The average Bonchev–Trinajstić information content (AvgIpc) is 2.53. The van der Waals surface area contributed by atoms with Crippen molar-refractivity contribution in [1.29, 1.82) is 0 Å². The largest absolute Gasteiger partial charge is 0.378 e. The van der Waals surface area contributed by atoms with Crippen LogP contribution in [0.3, 0.4) is 0 Å². The number of hydrogen-bond donors (Lipinski definition) is 2. The summed E-state index contributed by atoms with van der Waals surface area (Å²) in [5.74, 6) is -0.220. The summed E-state index contributed by atoms with van der Waals surface area (Å²) in [4.78, 5) is 11.5. The maximum Gasteiger partial charge on any atom is 0.257 e. The lowest BCUT2D eigenvalue weighted by Crippen LogP contribution is -2.31. The van der Waals surface area contributed by atoms with Gasteiger partial charge in [-0.3, -0.25) is 4.79 Å². The topological polar surface area (TPSA) is 78.1 Å². The monoisotopic (exact) mass is 364 g/mol. The van der Waals surface area contributed by atoms with Gasteiger partial charge in [0, 0.05) is 19.1 Å². The molecule has 0 aromatic carbocycles. The highest BCUT2D eigenvalue weighted by atomic mass is 32.1. The molecule has 0 bridgehead atoms. The van der Waals surface area contributed by atoms with Crippen molar-refractivity contribution < 1.29 is 23.7 Å². The van der Waals surface area contributed by atoms with Gasteiger partial charge in [-0.15, -0.1) is 0 Å². The minimum absolute atomic E-state index is 0.220. The van der Waals surface area contributed by atoms with Crippen LogP contribution in [0.2, 0.25) is 0 Å². The van der Waals surface area contributed by atoms with Gasteiger partial charge < -0.3 is 29.6 Å². The molecule has 1 amide bonds. The maximum absolute atomic E-state index is 11.1. The van der Waals surface area contributed by atoms with E-state index in [-0.39, 0.29) is 5.91 Å². The van der Waals surface area contributed by atoms with Crippen molar-refractivity contribution in [2.45, 2.75) is 26.8 Å². The summed E-state index contributed by atoms with van der Waals surface area (Å²) in [6.07, 6.45) is 0. The van der Waals surface area contributed by atoms with Crippen molar-refractivity contribution in [3.63, 3.8) is 0 Å². The zero-order valence-corrected chi connectivity index (χ0v) is 15.9. The molecular weight excluding hydrogens is 332 g/mol. The standard InChI is InChI=1S/C16H32N2O5S/c1-14(2)17-4-6-20-8-10-22-12-13-23-11-9-21-7-5-18-16(19)15(3)24/h14,17H,4-13H2,1-3H3,(H,18,19). The van der Waals surface area contributed by atoms with Crippen molar-refractivity contribution in [2.75, 3.05) is 65.9 Å². The van der Waals surface area contributed by atoms with Crippen LogP contribution in [0.4, 0.5) is 0 Å². The molecule has 0 saturated heterocycles. The second-order valence-corrected chi connectivity index (χ2v) is 5.98. The van der Waals surface area contributed by atoms with Crippen molar-refractivity contribution in [3.8, 4) is 0 Å². The molecule has 0 spiro atoms. The van der Waals surface area contributed by atoms with Gasteiger partial charge in [-0.05, 0) is 6.92 Å². The molecule has 0 fully saturated rings. The zero-order chi connectivity index (χ0) is 18.0. The van der Waals surface area contributed by atoms with E-state index in [2.05, 4.69) is 24.5 Å². The highest BCUT2D eigenvalue weighted by Crippen LogP contribution is 1.83. The molecule has 2 N–H and O–H groups in total. The van der Waals surface area contributed by atoms with Crippen LogP contribution in [0.5, 0.6) is 0 Å². The highest BCUT2D eigenvalue weighted by molar-refractivity contribution is 7.82. The van der Waals surface area contributed by atoms with E-state index in [0.29, 0.717) is 70.3 Å². The van der Waals surface area contributed by atoms with Gasteiger partial charge in [0.05, 0.1) is 57.7 Å². The van der Waals surface area contributed by atoms with Crippen LogP contribution in [-0.4, -0.2) is 82.8 Å². The quantitative estimate of drug-likeness (QED) is 0.288. The first-order valence-electron chi connectivity index (χ1n) is 8.37. The van der Waals surface area contributed by atoms with Gasteiger partial charge in [-0.1, -0.05) is 26.1 Å². The number of nitrogens with one attached hydrogen (secondary N) is 2. The minimum Gasteiger partial charge on any atom is -0.378 e. The molecule has 0 aliphatic carbocycles. The molecule has 0 aromatic rings. The van der Waals surface area contributed by atoms with Crippen LogP contribution < -0.4 is 10.6 Å². The fraction of sp³-hybridized carbons (Fsp3) is 0.875. The maximum atomic E-state index is 11.1. The van der Waals surface area contributed by atoms with Crippen molar-refractivity contribution in [1.82, 2.24) is 10.6 Å². The second-order valence-electron chi connectivity index (χ2n) is 5.37. The molecule has 0 atom stereocenters. The zero-order valence-electron chi connectivity index (χ0n) is 15.1. The molecule has 142 valence electrons. The highest BCUT2D eigenvalue weighted by Gasteiger charge is 2.01. The Morgan fingerprint density at radius 2 is 1.25 bits per heavy atom. The third kappa shape index (κ3) is 17.7. The summed E-state index contributed by atoms with van der Waals surface area (Å²) >= 11 is 4.74. The Bertz CT molecular complexity index is 330. The average molecular weight is 365 g/mol. The first kappa shape index (κ1) is 23.4. The summed E-state index contributed by atoms with van der Waals surface area (Å²) in [7, 11) is 0. The fourth-order valence-corrected chi connectivity index (χ4v) is 1.61. The third-order valence-corrected chi connectivity index (χ3v) is 2.95. The van der Waals surface area contributed by atoms with Gasteiger partial charge in [-0.2, -0.15) is 0 Å². The molecule has 0 radical (unpaired) electrons. The van der Waals surface area contributed by atoms with E-state index < -0.39 is 0 Å². The summed E-state index contributed by atoms with van der Waals surface area (Å²) in [6.45, 7) is 11.5. The summed E-state index contributed by atoms with van der Waals surface area (Å²) in [5, 5.41) is 5.92. The van der Waals surface area contributed by atoms with Gasteiger partial charge in [0.15, 0.2) is 0 Å². The Morgan fingerprint density at radius 3 is 1.67 bits per heavy atom. The second kappa shape index (κ2) is 17.2. The predicted octanol–water partition coefficient (Wildman–Crippen LogP) is 0.557. The van der Waals surface area contributed by atoms with Gasteiger partial charge in [-0.25, -0.2) is 0 Å². The molecule has 0 unspecified atom stereocenters. The SMILES string of the molecule is CC(=S)C(=O)NCCOCCOCCOCCOCCNC(C)C. The molecular formula is C16H32N2O5S. The van der Waals surface area contributed by atoms with E-state index in [1.165, 1.54) is 0 Å². The van der Waals surface area contributed by atoms with E-state index >= 15 is 0 Å². The van der Waals surface area contributed by atoms with Crippen LogP contribution in [-0.2, 0) is 23.7 Å². The van der Waals surface area contributed by atoms with Gasteiger partial charge in [0.1, 0.15) is 0 Å². The van der Waals surface area contributed by atoms with Crippen LogP contribution in [0.25, 0.3) is 0 Å². The summed E-state index contributed by atoms with van der Waals surface area (Å²) in [5.41, 5.74) is 0. The lowest BCUT2D eigenvalue weighted by Gasteiger charge is -2.09. The smallest absolute Gasteiger partial charge is 0.257 e. The van der Waals surface area contributed by atoms with E-state index in [4.69, 9.17) is 31.2 Å². The molecule has 7 nitrogen and oxygen atoms in total. The first-order chi connectivity index (χ1) is 11.5. The number of rotatable bonds is 17. The Labute approximate surface area is 150 Å². The molecule has 0 aliphatic heterocycles. The summed E-state index contributed by atoms with van der Waals surface area (Å²) < 4.78 is 21.5. The van der Waals surface area contributed by atoms with Gasteiger partial charge in [0.2, 0.25) is 0 Å². The Kier molecular flexibility index (Phi) is 16.7. The van der Waals surface area contributed by atoms with E-state index in [0.717, 1.165) is 6.54 Å². The molecule has 24 heavy (non-hydrogen) atoms. The Morgan fingerprint density at radius 1 is 0.833 bits per heavy atom. The van der Waals surface area contributed by atoms with E-state index in [1.54, 1.807) is 6.92 Å². The number of amides is 1. The van der Waals surface area contributed by atoms with Gasteiger partial charge in [0.25, 0.3) is 5.91 Å². The first-order valence-corrected chi connectivity index (χ1v) is 8.78. The number of thiocarbonyl (C=S) groups is 1. The molecule has 8 heteroatoms. The normalized spacial score (nSPS) is 11.0. The van der Waals surface area contributed by atoms with Crippen molar-refractivity contribution in [3.05, 3.63) is 0 Å². The number of carbonyl (C=O) groups is 1. The summed E-state index contributed by atoms with van der Waals surface area (Å²) in [6, 6.07) is 0.485. The van der Waals surface area contributed by atoms with Crippen LogP contribution in [0.15, 0.2) is 0 Å². The van der Waals surface area contributed by atoms with Crippen molar-refractivity contribution in [2.24, 2.45) is 0 Å². The molecule has 0 rings (SSSR count). The number of hydrogen-bond acceptors (Lipinski definition) is 7. The number of carbonyl (C=O) groups excluding carboxylic acids is 1. The lowest BCUT2D eigenvalue weighted by molar-refractivity contribution is -0.114. The minimum atomic E-state index is -0.220. The molecule has 0 heterocycles. The van der Waals surface area contributed by atoms with Crippen LogP contribution >= 0.6 is 12.2 Å². The molecule has 0 aromatic heterocycles. The van der Waals surface area contributed by atoms with Crippen molar-refractivity contribution >= 4 is 23.0 Å². The molecule has 0 aliphatic rings. The predicted molar refractivity (Wildman–Crippen MR) is 97.7 cm³/mol. The lowest BCUT2D eigenvalue weighted by atomic mass is 10.4. The Hall–Kier alpha value is -0.640. The third-order valence-electron chi connectivity index (χ3n) is 2.77. The van der Waals surface area contributed by atoms with Gasteiger partial charge >= 0.3 is 0 Å². The Balaban J connectivity index is 3.08. The van der Waals surface area contributed by atoms with E-state index in [9.17, 15) is 4.79 Å². The van der Waals surface area contributed by atoms with Crippen LogP contribution in [0, 0.1) is 0 Å². The molecule has 0 saturated carbocycles. The van der Waals surface area contributed by atoms with E-state index in [1.807, 2.05) is 0 Å². The van der Waals surface area contributed by atoms with Crippen LogP contribution in [0.1, 0.15) is 20.8 Å². The fourth-order valence-electron chi connectivity index (χ4n) is 1.54. The number of ether oxygens (including phenoxy) is 4.